The molecule has 54 heavy (non-hydrogen) atoms. The molecule has 0 bridgehead atoms. The number of aliphatic imine (C=N–C) groups is 1. The Bertz CT molecular complexity index is 2580. The third-order valence-electron chi connectivity index (χ3n) is 10.8. The monoisotopic (exact) mass is 700 g/mol. The van der Waals surface area contributed by atoms with Gasteiger partial charge >= 0.3 is 0 Å². The van der Waals surface area contributed by atoms with Crippen LogP contribution in [0.25, 0.3) is 33.2 Å². The highest BCUT2D eigenvalue weighted by Crippen LogP contribution is 2.43. The lowest BCUT2D eigenvalue weighted by Crippen LogP contribution is -2.42. The lowest BCUT2D eigenvalue weighted by atomic mass is 9.75. The minimum atomic E-state index is -0.663. The zero-order chi connectivity index (χ0) is 37.2. The third-order valence-corrected chi connectivity index (χ3v) is 10.8. The second kappa shape index (κ2) is 14.5. The third kappa shape index (κ3) is 5.91. The predicted molar refractivity (Wildman–Crippen MR) is 230 cm³/mol. The molecule has 8 rings (SSSR count). The van der Waals surface area contributed by atoms with E-state index in [0.29, 0.717) is 0 Å². The molecule has 0 aliphatic rings. The van der Waals surface area contributed by atoms with Gasteiger partial charge < -0.3 is 14.8 Å². The Morgan fingerprint density at radius 3 is 1.72 bits per heavy atom. The quantitative estimate of drug-likeness (QED) is 0.144. The van der Waals surface area contributed by atoms with Gasteiger partial charge in [-0.2, -0.15) is 0 Å². The average Bonchev–Trinajstić information content (AvgIpc) is 3.54. The molecule has 264 valence electrons. The van der Waals surface area contributed by atoms with E-state index in [9.17, 15) is 0 Å². The fraction of sp³-hybridized carbons (Fsp3) is 0.100. The molecule has 0 aliphatic carbocycles. The lowest BCUT2D eigenvalue weighted by Gasteiger charge is -2.37. The summed E-state index contributed by atoms with van der Waals surface area (Å²) in [5.41, 5.74) is 13.8. The van der Waals surface area contributed by atoms with Crippen molar-refractivity contribution in [1.82, 2.24) is 9.88 Å². The average molecular weight is 701 g/mol. The summed E-state index contributed by atoms with van der Waals surface area (Å²) in [5, 5.41) is 6.19. The van der Waals surface area contributed by atoms with E-state index in [0.717, 1.165) is 61.8 Å². The summed E-state index contributed by atoms with van der Waals surface area (Å²) >= 11 is 0. The first-order chi connectivity index (χ1) is 26.4. The van der Waals surface area contributed by atoms with Crippen LogP contribution in [-0.2, 0) is 5.54 Å². The van der Waals surface area contributed by atoms with Crippen molar-refractivity contribution in [1.29, 1.82) is 0 Å². The molecular formula is C50H44N4. The highest BCUT2D eigenvalue weighted by molar-refractivity contribution is 6.11. The lowest BCUT2D eigenvalue weighted by molar-refractivity contribution is 0.514. The summed E-state index contributed by atoms with van der Waals surface area (Å²) in [7, 11) is 2.03. The molecule has 0 saturated carbocycles. The molecular weight excluding hydrogens is 657 g/mol. The standard InChI is InChI=1S/C50H44N4/c1-35-25-31-47-45(33-35)46-34-43(53(40-20-11-7-12-21-40)41-22-13-8-14-23-41)30-32-48(46)54(47)42-28-26-39(27-29-42)50(52-5,38-18-9-6-10-19-38)37(3)49(51-4)44-24-16-15-17-36(44)2/h6-34,52H,4H2,1-3,5H3/b49-37-. The molecule has 0 saturated heterocycles. The fourth-order valence-corrected chi connectivity index (χ4v) is 8.19. The highest BCUT2D eigenvalue weighted by atomic mass is 15.1. The van der Waals surface area contributed by atoms with Crippen molar-refractivity contribution in [3.63, 3.8) is 0 Å². The number of hydrogen-bond acceptors (Lipinski definition) is 3. The van der Waals surface area contributed by atoms with E-state index < -0.39 is 5.54 Å². The van der Waals surface area contributed by atoms with Crippen LogP contribution >= 0.6 is 0 Å². The Morgan fingerprint density at radius 2 is 1.13 bits per heavy atom. The van der Waals surface area contributed by atoms with Gasteiger partial charge in [-0.15, -0.1) is 0 Å². The van der Waals surface area contributed by atoms with Crippen LogP contribution in [0.3, 0.4) is 0 Å². The molecule has 7 aromatic carbocycles. The number of benzene rings is 7. The van der Waals surface area contributed by atoms with E-state index >= 15 is 0 Å². The Labute approximate surface area is 318 Å². The summed E-state index contributed by atoms with van der Waals surface area (Å²) in [6.07, 6.45) is 0. The molecule has 1 heterocycles. The van der Waals surface area contributed by atoms with Crippen LogP contribution in [0.2, 0.25) is 0 Å². The maximum Gasteiger partial charge on any atom is 0.0926 e. The first-order valence-corrected chi connectivity index (χ1v) is 18.5. The van der Waals surface area contributed by atoms with Crippen LogP contribution in [0, 0.1) is 13.8 Å². The summed E-state index contributed by atoms with van der Waals surface area (Å²) in [6.45, 7) is 10.5. The van der Waals surface area contributed by atoms with E-state index in [1.54, 1.807) is 0 Å². The molecule has 1 atom stereocenters. The predicted octanol–water partition coefficient (Wildman–Crippen LogP) is 12.5. The first-order valence-electron chi connectivity index (χ1n) is 18.5. The summed E-state index contributed by atoms with van der Waals surface area (Å²) in [5.74, 6) is 0. The smallest absolute Gasteiger partial charge is 0.0926 e. The minimum absolute atomic E-state index is 0.663. The molecule has 1 unspecified atom stereocenters. The van der Waals surface area contributed by atoms with Crippen molar-refractivity contribution in [3.8, 4) is 5.69 Å². The van der Waals surface area contributed by atoms with Crippen molar-refractivity contribution >= 4 is 51.3 Å². The van der Waals surface area contributed by atoms with E-state index in [2.05, 4.69) is 223 Å². The SMILES string of the molecule is C=N/C(=C(/C)C(NC)(c1ccccc1)c1ccc(-n2c3ccc(C)cc3c3cc(N(c4ccccc4)c4ccccc4)ccc32)cc1)c1ccccc1C. The minimum Gasteiger partial charge on any atom is -0.310 e. The van der Waals surface area contributed by atoms with Gasteiger partial charge in [0, 0.05) is 39.1 Å². The Balaban J connectivity index is 1.30. The molecule has 0 radical (unpaired) electrons. The number of nitrogens with one attached hydrogen (secondary N) is 1. The maximum absolute atomic E-state index is 4.66. The first kappa shape index (κ1) is 34.6. The fourth-order valence-electron chi connectivity index (χ4n) is 8.19. The van der Waals surface area contributed by atoms with Crippen molar-refractivity contribution in [3.05, 3.63) is 209 Å². The van der Waals surface area contributed by atoms with Gasteiger partial charge in [-0.3, -0.25) is 4.99 Å². The van der Waals surface area contributed by atoms with E-state index in [-0.39, 0.29) is 0 Å². The zero-order valence-corrected chi connectivity index (χ0v) is 31.3. The second-order valence-electron chi connectivity index (χ2n) is 13.9. The molecule has 8 aromatic rings. The molecule has 4 heteroatoms. The number of nitrogens with zero attached hydrogens (tertiary/aromatic N) is 3. The second-order valence-corrected chi connectivity index (χ2v) is 13.9. The van der Waals surface area contributed by atoms with Crippen LogP contribution < -0.4 is 10.2 Å². The van der Waals surface area contributed by atoms with Crippen LogP contribution in [-0.4, -0.2) is 18.3 Å². The van der Waals surface area contributed by atoms with Crippen LogP contribution in [0.15, 0.2) is 186 Å². The van der Waals surface area contributed by atoms with Gasteiger partial charge in [0.2, 0.25) is 0 Å². The van der Waals surface area contributed by atoms with E-state index in [1.165, 1.54) is 21.9 Å². The van der Waals surface area contributed by atoms with Crippen LogP contribution in [0.1, 0.15) is 34.7 Å². The molecule has 0 amide bonds. The zero-order valence-electron chi connectivity index (χ0n) is 31.3. The summed E-state index contributed by atoms with van der Waals surface area (Å²) in [4.78, 5) is 6.98. The molecule has 0 spiro atoms. The number of aromatic nitrogens is 1. The van der Waals surface area contributed by atoms with Gasteiger partial charge in [0.15, 0.2) is 0 Å². The van der Waals surface area contributed by atoms with Crippen LogP contribution in [0.5, 0.6) is 0 Å². The maximum atomic E-state index is 4.66. The number of fused-ring (bicyclic) bond motifs is 3. The summed E-state index contributed by atoms with van der Waals surface area (Å²) < 4.78 is 2.39. The van der Waals surface area contributed by atoms with Gasteiger partial charge in [0.1, 0.15) is 0 Å². The van der Waals surface area contributed by atoms with Gasteiger partial charge in [-0.1, -0.05) is 115 Å². The number of aryl methyl sites for hydroxylation is 2. The molecule has 4 nitrogen and oxygen atoms in total. The van der Waals surface area contributed by atoms with Crippen molar-refractivity contribution in [2.75, 3.05) is 11.9 Å². The van der Waals surface area contributed by atoms with Gasteiger partial charge in [0.25, 0.3) is 0 Å². The number of para-hydroxylation sites is 2. The Morgan fingerprint density at radius 1 is 0.593 bits per heavy atom. The number of anilines is 3. The van der Waals surface area contributed by atoms with Crippen molar-refractivity contribution < 1.29 is 0 Å². The topological polar surface area (TPSA) is 32.6 Å². The number of rotatable bonds is 10. The van der Waals surface area contributed by atoms with Crippen molar-refractivity contribution in [2.24, 2.45) is 4.99 Å². The van der Waals surface area contributed by atoms with Gasteiger partial charge in [-0.05, 0) is 124 Å². The largest absolute Gasteiger partial charge is 0.310 e. The molecule has 0 aliphatic heterocycles. The van der Waals surface area contributed by atoms with Crippen molar-refractivity contribution in [2.45, 2.75) is 26.3 Å². The summed E-state index contributed by atoms with van der Waals surface area (Å²) in [6, 6.07) is 62.8. The molecule has 1 N–H and O–H groups in total. The highest BCUT2D eigenvalue weighted by Gasteiger charge is 2.37. The van der Waals surface area contributed by atoms with E-state index in [4.69, 9.17) is 0 Å². The Kier molecular flexibility index (Phi) is 9.29. The normalized spacial score (nSPS) is 13.0. The Hall–Kier alpha value is -6.49. The van der Waals surface area contributed by atoms with Gasteiger partial charge in [0.05, 0.1) is 22.3 Å². The van der Waals surface area contributed by atoms with Crippen LogP contribution in [0.4, 0.5) is 17.1 Å². The molecule has 1 aromatic heterocycles. The van der Waals surface area contributed by atoms with E-state index in [1.807, 2.05) is 7.05 Å². The number of likely N-dealkylation sites (N-methyl/N-ethyl adjacent to an activating group) is 1. The molecule has 0 fully saturated rings. The number of hydrogen-bond donors (Lipinski definition) is 1. The van der Waals surface area contributed by atoms with Gasteiger partial charge in [-0.25, -0.2) is 0 Å².